The van der Waals surface area contributed by atoms with Gasteiger partial charge in [0.2, 0.25) is 15.9 Å². The first-order valence-corrected chi connectivity index (χ1v) is 7.53. The number of carbonyl (C=O) groups is 1. The molecule has 19 heavy (non-hydrogen) atoms. The SMILES string of the molecule is NS(=O)(=O)C1CC(=O)N(c2cc(Cl)ccc2CO)C1. The molecule has 1 amide bonds. The van der Waals surface area contributed by atoms with Gasteiger partial charge in [-0.1, -0.05) is 17.7 Å². The lowest BCUT2D eigenvalue weighted by Crippen LogP contribution is -2.32. The number of primary sulfonamides is 1. The van der Waals surface area contributed by atoms with Gasteiger partial charge in [-0.2, -0.15) is 0 Å². The summed E-state index contributed by atoms with van der Waals surface area (Å²) in [5.74, 6) is -0.351. The average molecular weight is 305 g/mol. The molecule has 1 atom stereocenters. The maximum Gasteiger partial charge on any atom is 0.228 e. The molecule has 0 spiro atoms. The Morgan fingerprint density at radius 1 is 1.47 bits per heavy atom. The van der Waals surface area contributed by atoms with Crippen LogP contribution in [0.15, 0.2) is 18.2 Å². The highest BCUT2D eigenvalue weighted by molar-refractivity contribution is 7.89. The van der Waals surface area contributed by atoms with Crippen LogP contribution >= 0.6 is 11.6 Å². The second-order valence-electron chi connectivity index (χ2n) is 4.35. The molecule has 0 saturated carbocycles. The van der Waals surface area contributed by atoms with E-state index in [1.54, 1.807) is 12.1 Å². The molecule has 1 saturated heterocycles. The molecule has 8 heteroatoms. The predicted octanol–water partition coefficient (Wildman–Crippen LogP) is 0.226. The summed E-state index contributed by atoms with van der Waals surface area (Å²) in [4.78, 5) is 13.2. The molecule has 104 valence electrons. The van der Waals surface area contributed by atoms with Crippen molar-refractivity contribution < 1.29 is 18.3 Å². The van der Waals surface area contributed by atoms with E-state index in [0.29, 0.717) is 16.3 Å². The van der Waals surface area contributed by atoms with E-state index in [1.165, 1.54) is 11.0 Å². The monoisotopic (exact) mass is 304 g/mol. The minimum absolute atomic E-state index is 0.0228. The van der Waals surface area contributed by atoms with Crippen LogP contribution in [0.25, 0.3) is 0 Å². The van der Waals surface area contributed by atoms with Gasteiger partial charge in [0.25, 0.3) is 0 Å². The number of sulfonamides is 1. The van der Waals surface area contributed by atoms with Gasteiger partial charge in [-0.25, -0.2) is 13.6 Å². The molecule has 0 aromatic heterocycles. The Hall–Kier alpha value is -1.15. The van der Waals surface area contributed by atoms with Crippen molar-refractivity contribution in [1.82, 2.24) is 0 Å². The number of amides is 1. The third-order valence-corrected chi connectivity index (χ3v) is 4.54. The first kappa shape index (κ1) is 14.3. The summed E-state index contributed by atoms with van der Waals surface area (Å²) in [7, 11) is -3.76. The number of aliphatic hydroxyl groups excluding tert-OH is 1. The fourth-order valence-corrected chi connectivity index (χ4v) is 2.95. The predicted molar refractivity (Wildman–Crippen MR) is 71.2 cm³/mol. The smallest absolute Gasteiger partial charge is 0.228 e. The van der Waals surface area contributed by atoms with Crippen molar-refractivity contribution >= 4 is 33.2 Å². The molecule has 1 aliphatic rings. The molecule has 1 aromatic carbocycles. The Bertz CT molecular complexity index is 617. The van der Waals surface area contributed by atoms with E-state index >= 15 is 0 Å². The number of nitrogens with zero attached hydrogens (tertiary/aromatic N) is 1. The molecule has 1 heterocycles. The normalized spacial score (nSPS) is 20.1. The Kier molecular flexibility index (Phi) is 3.82. The average Bonchev–Trinajstić information content (AvgIpc) is 2.71. The summed E-state index contributed by atoms with van der Waals surface area (Å²) < 4.78 is 22.6. The number of rotatable bonds is 3. The lowest BCUT2D eigenvalue weighted by Gasteiger charge is -2.19. The van der Waals surface area contributed by atoms with Gasteiger partial charge in [-0.3, -0.25) is 4.79 Å². The number of halogens is 1. The first-order valence-electron chi connectivity index (χ1n) is 5.54. The number of nitrogens with two attached hydrogens (primary N) is 1. The molecule has 1 aromatic rings. The quantitative estimate of drug-likeness (QED) is 0.834. The van der Waals surface area contributed by atoms with Crippen LogP contribution in [-0.4, -0.2) is 31.2 Å². The highest BCUT2D eigenvalue weighted by Crippen LogP contribution is 2.30. The van der Waals surface area contributed by atoms with Crippen LogP contribution in [0.3, 0.4) is 0 Å². The molecular weight excluding hydrogens is 292 g/mol. The van der Waals surface area contributed by atoms with Crippen molar-refractivity contribution in [2.45, 2.75) is 18.3 Å². The summed E-state index contributed by atoms with van der Waals surface area (Å²) in [6, 6.07) is 4.71. The standard InChI is InChI=1S/C11H13ClN2O4S/c12-8-2-1-7(6-15)10(3-8)14-5-9(4-11(14)16)19(13,17)18/h1-3,9,15H,4-6H2,(H2,13,17,18). The van der Waals surface area contributed by atoms with Crippen molar-refractivity contribution in [3.8, 4) is 0 Å². The summed E-state index contributed by atoms with van der Waals surface area (Å²) in [5.41, 5.74) is 0.930. The highest BCUT2D eigenvalue weighted by Gasteiger charge is 2.37. The number of aliphatic hydroxyl groups is 1. The van der Waals surface area contributed by atoms with Crippen molar-refractivity contribution in [2.75, 3.05) is 11.4 Å². The van der Waals surface area contributed by atoms with E-state index in [4.69, 9.17) is 16.7 Å². The van der Waals surface area contributed by atoms with Crippen molar-refractivity contribution in [1.29, 1.82) is 0 Å². The molecular formula is C11H13ClN2O4S. The van der Waals surface area contributed by atoms with E-state index in [0.717, 1.165) is 0 Å². The zero-order chi connectivity index (χ0) is 14.2. The van der Waals surface area contributed by atoms with E-state index in [1.807, 2.05) is 0 Å². The number of benzene rings is 1. The number of hydrogen-bond donors (Lipinski definition) is 2. The Morgan fingerprint density at radius 3 is 2.68 bits per heavy atom. The Morgan fingerprint density at radius 2 is 2.16 bits per heavy atom. The minimum atomic E-state index is -3.76. The summed E-state index contributed by atoms with van der Waals surface area (Å²) >= 11 is 5.86. The molecule has 1 aliphatic heterocycles. The zero-order valence-corrected chi connectivity index (χ0v) is 11.5. The van der Waals surface area contributed by atoms with Crippen molar-refractivity contribution in [3.63, 3.8) is 0 Å². The summed E-state index contributed by atoms with van der Waals surface area (Å²) in [6.45, 7) is -0.290. The van der Waals surface area contributed by atoms with Gasteiger partial charge < -0.3 is 10.0 Å². The van der Waals surface area contributed by atoms with E-state index < -0.39 is 15.3 Å². The molecule has 0 aliphatic carbocycles. The van der Waals surface area contributed by atoms with E-state index in [-0.39, 0.29) is 25.5 Å². The maximum atomic E-state index is 11.9. The number of carbonyl (C=O) groups excluding carboxylic acids is 1. The fraction of sp³-hybridized carbons (Fsp3) is 0.364. The molecule has 1 unspecified atom stereocenters. The Balaban J connectivity index is 2.38. The van der Waals surface area contributed by atoms with Crippen molar-refractivity contribution in [3.05, 3.63) is 28.8 Å². The maximum absolute atomic E-state index is 11.9. The van der Waals surface area contributed by atoms with Gasteiger partial charge in [0.1, 0.15) is 5.25 Å². The van der Waals surface area contributed by atoms with Crippen LogP contribution in [0.1, 0.15) is 12.0 Å². The number of anilines is 1. The topological polar surface area (TPSA) is 101 Å². The minimum Gasteiger partial charge on any atom is -0.392 e. The van der Waals surface area contributed by atoms with E-state index in [9.17, 15) is 18.3 Å². The second-order valence-corrected chi connectivity index (χ2v) is 6.63. The van der Waals surface area contributed by atoms with Gasteiger partial charge in [0, 0.05) is 23.6 Å². The molecule has 3 N–H and O–H groups in total. The summed E-state index contributed by atoms with van der Waals surface area (Å²) in [6.07, 6.45) is -0.157. The fourth-order valence-electron chi connectivity index (χ4n) is 2.05. The highest BCUT2D eigenvalue weighted by atomic mass is 35.5. The van der Waals surface area contributed by atoms with Gasteiger partial charge in [-0.05, 0) is 12.1 Å². The van der Waals surface area contributed by atoms with Crippen LogP contribution in [0.5, 0.6) is 0 Å². The summed E-state index contributed by atoms with van der Waals surface area (Å²) in [5, 5.41) is 13.8. The Labute approximate surface area is 115 Å². The van der Waals surface area contributed by atoms with Crippen LogP contribution in [0.2, 0.25) is 5.02 Å². The lowest BCUT2D eigenvalue weighted by atomic mass is 10.1. The second kappa shape index (κ2) is 5.09. The first-order chi connectivity index (χ1) is 8.82. The lowest BCUT2D eigenvalue weighted by molar-refractivity contribution is -0.117. The number of hydrogen-bond acceptors (Lipinski definition) is 4. The van der Waals surface area contributed by atoms with E-state index in [2.05, 4.69) is 0 Å². The van der Waals surface area contributed by atoms with Crippen molar-refractivity contribution in [2.24, 2.45) is 5.14 Å². The third-order valence-electron chi connectivity index (χ3n) is 3.06. The zero-order valence-electron chi connectivity index (χ0n) is 9.91. The van der Waals surface area contributed by atoms with Gasteiger partial charge in [-0.15, -0.1) is 0 Å². The van der Waals surface area contributed by atoms with Crippen LogP contribution < -0.4 is 10.0 Å². The van der Waals surface area contributed by atoms with Gasteiger partial charge in [0.05, 0.1) is 12.3 Å². The van der Waals surface area contributed by atoms with Crippen LogP contribution in [0, 0.1) is 0 Å². The van der Waals surface area contributed by atoms with Gasteiger partial charge in [0.15, 0.2) is 0 Å². The molecule has 2 rings (SSSR count). The van der Waals surface area contributed by atoms with Crippen LogP contribution in [0.4, 0.5) is 5.69 Å². The molecule has 6 nitrogen and oxygen atoms in total. The molecule has 0 radical (unpaired) electrons. The third kappa shape index (κ3) is 2.89. The van der Waals surface area contributed by atoms with Crippen LogP contribution in [-0.2, 0) is 21.4 Å². The van der Waals surface area contributed by atoms with Gasteiger partial charge >= 0.3 is 0 Å². The largest absolute Gasteiger partial charge is 0.392 e. The molecule has 1 fully saturated rings. The molecule has 0 bridgehead atoms.